The predicted octanol–water partition coefficient (Wildman–Crippen LogP) is 8.32. The van der Waals surface area contributed by atoms with Gasteiger partial charge in [0, 0.05) is 28.7 Å². The van der Waals surface area contributed by atoms with E-state index in [1.54, 1.807) is 36.4 Å². The Morgan fingerprint density at radius 3 is 1.73 bits per heavy atom. The van der Waals surface area contributed by atoms with E-state index >= 15 is 0 Å². The number of benzene rings is 4. The number of aliphatic hydroxyl groups is 1. The molecule has 41 heavy (non-hydrogen) atoms. The lowest BCUT2D eigenvalue weighted by Gasteiger charge is -2.10. The largest absolute Gasteiger partial charge is 0.457 e. The molecule has 12 heteroatoms. The molecule has 0 aliphatic carbocycles. The first-order valence-corrected chi connectivity index (χ1v) is 14.3. The zero-order valence-electron chi connectivity index (χ0n) is 21.0. The lowest BCUT2D eigenvalue weighted by atomic mass is 9.63. The van der Waals surface area contributed by atoms with Crippen molar-refractivity contribution in [1.29, 1.82) is 10.5 Å². The van der Waals surface area contributed by atoms with Crippen molar-refractivity contribution in [2.45, 2.75) is 19.3 Å². The van der Waals surface area contributed by atoms with Gasteiger partial charge in [0.25, 0.3) is 0 Å². The third-order valence-corrected chi connectivity index (χ3v) is 8.04. The molecule has 0 amide bonds. The van der Waals surface area contributed by atoms with Gasteiger partial charge in [-0.25, -0.2) is 0 Å². The van der Waals surface area contributed by atoms with Crippen molar-refractivity contribution in [1.82, 2.24) is 0 Å². The average Bonchev–Trinajstić information content (AvgIpc) is 3.29. The second-order valence-electron chi connectivity index (χ2n) is 8.78. The van der Waals surface area contributed by atoms with Gasteiger partial charge in [-0.15, -0.1) is 0 Å². The summed E-state index contributed by atoms with van der Waals surface area (Å²) in [6, 6.07) is 20.8. The van der Waals surface area contributed by atoms with Crippen molar-refractivity contribution in [3.05, 3.63) is 107 Å². The van der Waals surface area contributed by atoms with Crippen molar-refractivity contribution < 1.29 is 19.6 Å². The molecule has 0 spiro atoms. The Morgan fingerprint density at radius 2 is 1.24 bits per heavy atom. The third kappa shape index (κ3) is 7.49. The lowest BCUT2D eigenvalue weighted by Crippen LogP contribution is -2.25. The predicted molar refractivity (Wildman–Crippen MR) is 165 cm³/mol. The van der Waals surface area contributed by atoms with Crippen molar-refractivity contribution in [3.63, 3.8) is 0 Å². The van der Waals surface area contributed by atoms with Gasteiger partial charge >= 0.3 is 6.92 Å². The van der Waals surface area contributed by atoms with Gasteiger partial charge in [0.1, 0.15) is 35.1 Å². The summed E-state index contributed by atoms with van der Waals surface area (Å²) in [6.07, 6.45) is 1.58. The molecule has 6 nitrogen and oxygen atoms in total. The minimum atomic E-state index is -0.382. The van der Waals surface area contributed by atoms with Crippen LogP contribution in [0.25, 0.3) is 0 Å². The Hall–Kier alpha value is -2.92. The smallest absolute Gasteiger partial charge is 0.324 e. The molecule has 4 aromatic carbocycles. The van der Waals surface area contributed by atoms with Crippen LogP contribution in [-0.2, 0) is 13.0 Å². The summed E-state index contributed by atoms with van der Waals surface area (Å²) in [4.78, 5) is 0. The van der Waals surface area contributed by atoms with Crippen LogP contribution in [0.3, 0.4) is 0 Å². The lowest BCUT2D eigenvalue weighted by molar-refractivity contribution is 0.280. The standard InChI is InChI=1S/C15H10BCl2NO2.C14H8BrCl2NO2/c17-14-6-11(7-15(18)12(14)8-19)21-10-1-2-13-9(5-10)3-4-16(13)20;15-12-2-1-9(3-8(12)7-19)20-10-4-13(16)11(6-18)14(17)5-10/h1-2,5-7,20H,3-4H2;1-5,19H,7H2. The molecule has 206 valence electrons. The average molecular weight is 691 g/mol. The Kier molecular flexibility index (Phi) is 10.5. The number of hydrogen-bond acceptors (Lipinski definition) is 6. The zero-order valence-corrected chi connectivity index (χ0v) is 25.6. The Balaban J connectivity index is 0.000000189. The van der Waals surface area contributed by atoms with E-state index in [2.05, 4.69) is 15.9 Å². The normalized spacial score (nSPS) is 11.6. The van der Waals surface area contributed by atoms with Crippen LogP contribution < -0.4 is 14.9 Å². The van der Waals surface area contributed by atoms with Gasteiger partial charge in [-0.3, -0.25) is 0 Å². The fourth-order valence-electron chi connectivity index (χ4n) is 4.07. The van der Waals surface area contributed by atoms with E-state index in [0.717, 1.165) is 28.2 Å². The number of aliphatic hydroxyl groups excluding tert-OH is 1. The van der Waals surface area contributed by atoms with Crippen LogP contribution >= 0.6 is 62.3 Å². The highest BCUT2D eigenvalue weighted by molar-refractivity contribution is 9.10. The molecular formula is C29H18BBrCl4N2O4. The van der Waals surface area contributed by atoms with Crippen molar-refractivity contribution in [3.8, 4) is 35.1 Å². The monoisotopic (exact) mass is 688 g/mol. The fraction of sp³-hybridized carbons (Fsp3) is 0.103. The molecule has 1 aliphatic rings. The number of fused-ring (bicyclic) bond motifs is 1. The molecule has 4 aromatic rings. The number of halogens is 5. The summed E-state index contributed by atoms with van der Waals surface area (Å²) >= 11 is 27.2. The number of nitriles is 2. The molecule has 0 saturated heterocycles. The highest BCUT2D eigenvalue weighted by Crippen LogP contribution is 2.34. The number of hydrogen-bond donors (Lipinski definition) is 2. The van der Waals surface area contributed by atoms with Crippen molar-refractivity contribution in [2.24, 2.45) is 0 Å². The van der Waals surface area contributed by atoms with Gasteiger partial charge in [0.15, 0.2) is 0 Å². The maximum Gasteiger partial charge on any atom is 0.324 e. The van der Waals surface area contributed by atoms with Crippen LogP contribution in [0.4, 0.5) is 0 Å². The van der Waals surface area contributed by atoms with Gasteiger partial charge in [-0.1, -0.05) is 68.4 Å². The molecule has 2 N–H and O–H groups in total. The Labute approximate surface area is 265 Å². The second kappa shape index (κ2) is 13.8. The molecule has 0 aromatic heterocycles. The first-order chi connectivity index (χ1) is 19.6. The van der Waals surface area contributed by atoms with Crippen molar-refractivity contribution >= 4 is 74.7 Å². The molecular weight excluding hydrogens is 673 g/mol. The van der Waals surface area contributed by atoms with E-state index in [1.807, 2.05) is 24.3 Å². The molecule has 1 aliphatic heterocycles. The zero-order chi connectivity index (χ0) is 29.7. The number of ether oxygens (including phenoxy) is 2. The Morgan fingerprint density at radius 1 is 0.756 bits per heavy atom. The van der Waals surface area contributed by atoms with Crippen LogP contribution in [0.5, 0.6) is 23.0 Å². The number of nitrogens with zero attached hydrogens (tertiary/aromatic N) is 2. The summed E-state index contributed by atoms with van der Waals surface area (Å²) < 4.78 is 12.2. The first kappa shape index (κ1) is 31.0. The summed E-state index contributed by atoms with van der Waals surface area (Å²) in [5.74, 6) is 2.08. The minimum absolute atomic E-state index is 0.104. The second-order valence-corrected chi connectivity index (χ2v) is 11.3. The Bertz CT molecular complexity index is 1660. The summed E-state index contributed by atoms with van der Waals surface area (Å²) in [6.45, 7) is -0.486. The molecule has 0 atom stereocenters. The molecule has 0 saturated carbocycles. The van der Waals surface area contributed by atoms with E-state index in [4.69, 9.17) is 66.4 Å². The third-order valence-electron chi connectivity index (χ3n) is 6.07. The maximum absolute atomic E-state index is 9.79. The van der Waals surface area contributed by atoms with E-state index in [9.17, 15) is 10.1 Å². The van der Waals surface area contributed by atoms with E-state index < -0.39 is 0 Å². The molecule has 0 radical (unpaired) electrons. The van der Waals surface area contributed by atoms with Crippen LogP contribution in [0, 0.1) is 22.7 Å². The molecule has 5 rings (SSSR count). The van der Waals surface area contributed by atoms with E-state index in [-0.39, 0.29) is 44.7 Å². The molecule has 0 bridgehead atoms. The van der Waals surface area contributed by atoms with Gasteiger partial charge in [-0.2, -0.15) is 10.5 Å². The van der Waals surface area contributed by atoms with Crippen LogP contribution in [0.2, 0.25) is 26.4 Å². The first-order valence-electron chi connectivity index (χ1n) is 12.0. The molecule has 0 unspecified atom stereocenters. The highest BCUT2D eigenvalue weighted by Gasteiger charge is 2.25. The highest BCUT2D eigenvalue weighted by atomic mass is 79.9. The van der Waals surface area contributed by atoms with E-state index in [0.29, 0.717) is 28.6 Å². The number of rotatable bonds is 5. The quantitative estimate of drug-likeness (QED) is 0.204. The van der Waals surface area contributed by atoms with Crippen LogP contribution in [0.15, 0.2) is 65.1 Å². The topological polar surface area (TPSA) is 106 Å². The van der Waals surface area contributed by atoms with E-state index in [1.165, 1.54) is 12.1 Å². The minimum Gasteiger partial charge on any atom is -0.457 e. The van der Waals surface area contributed by atoms with Gasteiger partial charge in [0.2, 0.25) is 0 Å². The summed E-state index contributed by atoms with van der Waals surface area (Å²) in [5, 5.41) is 37.8. The number of aryl methyl sites for hydroxylation is 1. The van der Waals surface area contributed by atoms with Crippen LogP contribution in [-0.4, -0.2) is 17.0 Å². The molecule has 0 fully saturated rings. The van der Waals surface area contributed by atoms with Crippen molar-refractivity contribution in [2.75, 3.05) is 0 Å². The van der Waals surface area contributed by atoms with Gasteiger partial charge in [0.05, 0.1) is 37.8 Å². The molecule has 1 heterocycles. The maximum atomic E-state index is 9.79. The van der Waals surface area contributed by atoms with Gasteiger partial charge in [-0.05, 0) is 59.7 Å². The SMILES string of the molecule is N#Cc1c(Cl)cc(Oc2ccc(Br)c(CO)c2)cc1Cl.N#Cc1c(Cl)cc(Oc2ccc3c(c2)CCB3O)cc1Cl. The van der Waals surface area contributed by atoms with Crippen LogP contribution in [0.1, 0.15) is 22.3 Å². The fourth-order valence-corrected chi connectivity index (χ4v) is 5.55. The summed E-state index contributed by atoms with van der Waals surface area (Å²) in [7, 11) is 0. The summed E-state index contributed by atoms with van der Waals surface area (Å²) in [5.41, 5.74) is 3.20. The van der Waals surface area contributed by atoms with Gasteiger partial charge < -0.3 is 19.6 Å².